The number of para-hydroxylation sites is 2. The Hall–Kier alpha value is -3.15. The van der Waals surface area contributed by atoms with Crippen LogP contribution in [0.2, 0.25) is 0 Å². The average Bonchev–Trinajstić information content (AvgIpc) is 3.02. The summed E-state index contributed by atoms with van der Waals surface area (Å²) in [7, 11) is 0. The fourth-order valence-corrected chi connectivity index (χ4v) is 2.99. The van der Waals surface area contributed by atoms with E-state index in [4.69, 9.17) is 0 Å². The molecule has 6 nitrogen and oxygen atoms in total. The Kier molecular flexibility index (Phi) is 5.54. The van der Waals surface area contributed by atoms with Crippen molar-refractivity contribution >= 4 is 34.2 Å². The van der Waals surface area contributed by atoms with E-state index in [1.165, 1.54) is 0 Å². The average molecular weight is 364 g/mol. The number of nitrogens with zero attached hydrogens (tertiary/aromatic N) is 2. The molecule has 0 bridgehead atoms. The van der Waals surface area contributed by atoms with Crippen molar-refractivity contribution in [1.29, 1.82) is 0 Å². The highest BCUT2D eigenvalue weighted by molar-refractivity contribution is 5.95. The molecule has 1 heterocycles. The van der Waals surface area contributed by atoms with Crippen LogP contribution in [-0.2, 0) is 22.6 Å². The molecule has 0 saturated carbocycles. The third kappa shape index (κ3) is 4.16. The van der Waals surface area contributed by atoms with Crippen molar-refractivity contribution < 1.29 is 9.59 Å². The molecule has 0 radical (unpaired) electrons. The van der Waals surface area contributed by atoms with Gasteiger partial charge in [-0.2, -0.15) is 0 Å². The number of benzene rings is 2. The normalized spacial score (nSPS) is 10.8. The maximum absolute atomic E-state index is 12.7. The molecular weight excluding hydrogens is 340 g/mol. The summed E-state index contributed by atoms with van der Waals surface area (Å²) in [5, 5.41) is 5.77. The van der Waals surface area contributed by atoms with Crippen LogP contribution in [0.3, 0.4) is 0 Å². The summed E-state index contributed by atoms with van der Waals surface area (Å²) >= 11 is 0. The molecule has 0 atom stereocenters. The standard InChI is InChI=1S/C21H24N4O2/c1-4-19-23-16-8-6-7-9-18(16)25(19)13-21(27)24-17-12-15(11-10-14(17)3)22-20(26)5-2/h6-12H,4-5,13H2,1-3H3,(H,22,26)(H,24,27). The molecule has 0 aliphatic rings. The molecule has 2 aromatic carbocycles. The van der Waals surface area contributed by atoms with E-state index < -0.39 is 0 Å². The second-order valence-electron chi connectivity index (χ2n) is 6.44. The first-order chi connectivity index (χ1) is 13.0. The van der Waals surface area contributed by atoms with Crippen molar-refractivity contribution in [2.45, 2.75) is 40.2 Å². The second-order valence-corrected chi connectivity index (χ2v) is 6.44. The van der Waals surface area contributed by atoms with Crippen LogP contribution in [0.1, 0.15) is 31.7 Å². The monoisotopic (exact) mass is 364 g/mol. The van der Waals surface area contributed by atoms with Crippen LogP contribution >= 0.6 is 0 Å². The first-order valence-electron chi connectivity index (χ1n) is 9.16. The molecule has 0 spiro atoms. The first-order valence-corrected chi connectivity index (χ1v) is 9.16. The van der Waals surface area contributed by atoms with Crippen molar-refractivity contribution in [3.8, 4) is 0 Å². The van der Waals surface area contributed by atoms with Crippen molar-refractivity contribution in [2.24, 2.45) is 0 Å². The van der Waals surface area contributed by atoms with E-state index in [-0.39, 0.29) is 18.4 Å². The minimum Gasteiger partial charge on any atom is -0.326 e. The first kappa shape index (κ1) is 18.6. The second kappa shape index (κ2) is 8.03. The van der Waals surface area contributed by atoms with Crippen LogP contribution in [0, 0.1) is 6.92 Å². The lowest BCUT2D eigenvalue weighted by atomic mass is 10.1. The summed E-state index contributed by atoms with van der Waals surface area (Å²) in [4.78, 5) is 28.9. The number of aryl methyl sites for hydroxylation is 2. The smallest absolute Gasteiger partial charge is 0.244 e. The van der Waals surface area contributed by atoms with Gasteiger partial charge in [-0.25, -0.2) is 4.98 Å². The van der Waals surface area contributed by atoms with E-state index in [1.807, 2.05) is 54.8 Å². The molecule has 2 amide bonds. The minimum absolute atomic E-state index is 0.0615. The molecule has 1 aromatic heterocycles. The van der Waals surface area contributed by atoms with Crippen LogP contribution in [0.5, 0.6) is 0 Å². The zero-order valence-corrected chi connectivity index (χ0v) is 15.9. The predicted molar refractivity (Wildman–Crippen MR) is 108 cm³/mol. The molecule has 6 heteroatoms. The number of imidazole rings is 1. The fraction of sp³-hybridized carbons (Fsp3) is 0.286. The van der Waals surface area contributed by atoms with Crippen molar-refractivity contribution in [1.82, 2.24) is 9.55 Å². The maximum Gasteiger partial charge on any atom is 0.244 e. The number of anilines is 2. The highest BCUT2D eigenvalue weighted by Crippen LogP contribution is 2.21. The molecule has 140 valence electrons. The summed E-state index contributed by atoms with van der Waals surface area (Å²) in [5.74, 6) is 0.690. The number of carbonyl (C=O) groups excluding carboxylic acids is 2. The van der Waals surface area contributed by atoms with Crippen molar-refractivity contribution in [2.75, 3.05) is 10.6 Å². The number of amides is 2. The van der Waals surface area contributed by atoms with Gasteiger partial charge in [-0.05, 0) is 36.8 Å². The van der Waals surface area contributed by atoms with E-state index in [2.05, 4.69) is 15.6 Å². The van der Waals surface area contributed by atoms with E-state index in [9.17, 15) is 9.59 Å². The Bertz CT molecular complexity index is 991. The summed E-state index contributed by atoms with van der Waals surface area (Å²) in [6.45, 7) is 5.94. The highest BCUT2D eigenvalue weighted by Gasteiger charge is 2.13. The van der Waals surface area contributed by atoms with Crippen LogP contribution < -0.4 is 10.6 Å². The SMILES string of the molecule is CCC(=O)Nc1ccc(C)c(NC(=O)Cn2c(CC)nc3ccccc32)c1. The number of aromatic nitrogens is 2. The molecule has 0 aliphatic carbocycles. The van der Waals surface area contributed by atoms with Crippen LogP contribution in [0.4, 0.5) is 11.4 Å². The molecule has 0 saturated heterocycles. The quantitative estimate of drug-likeness (QED) is 0.697. The van der Waals surface area contributed by atoms with Crippen LogP contribution in [0.15, 0.2) is 42.5 Å². The zero-order chi connectivity index (χ0) is 19.4. The maximum atomic E-state index is 12.7. The highest BCUT2D eigenvalue weighted by atomic mass is 16.2. The lowest BCUT2D eigenvalue weighted by molar-refractivity contribution is -0.117. The Morgan fingerprint density at radius 2 is 1.81 bits per heavy atom. The van der Waals surface area contributed by atoms with Gasteiger partial charge in [-0.15, -0.1) is 0 Å². The predicted octanol–water partition coefficient (Wildman–Crippen LogP) is 3.89. The molecule has 3 aromatic rings. The van der Waals surface area contributed by atoms with Crippen LogP contribution in [-0.4, -0.2) is 21.4 Å². The third-order valence-electron chi connectivity index (χ3n) is 4.47. The van der Waals surface area contributed by atoms with Crippen LogP contribution in [0.25, 0.3) is 11.0 Å². The topological polar surface area (TPSA) is 76.0 Å². The number of rotatable bonds is 6. The molecule has 0 fully saturated rings. The largest absolute Gasteiger partial charge is 0.326 e. The summed E-state index contributed by atoms with van der Waals surface area (Å²) < 4.78 is 1.95. The van der Waals surface area contributed by atoms with Gasteiger partial charge in [-0.1, -0.05) is 32.0 Å². The van der Waals surface area contributed by atoms with Crippen molar-refractivity contribution in [3.05, 3.63) is 53.9 Å². The summed E-state index contributed by atoms with van der Waals surface area (Å²) in [6.07, 6.45) is 1.16. The molecular formula is C21H24N4O2. The summed E-state index contributed by atoms with van der Waals surface area (Å²) in [5.41, 5.74) is 4.14. The lowest BCUT2D eigenvalue weighted by Gasteiger charge is -2.13. The minimum atomic E-state index is -0.130. The molecule has 27 heavy (non-hydrogen) atoms. The number of hydrogen-bond acceptors (Lipinski definition) is 3. The number of fused-ring (bicyclic) bond motifs is 1. The number of hydrogen-bond donors (Lipinski definition) is 2. The van der Waals surface area contributed by atoms with E-state index in [0.717, 1.165) is 28.8 Å². The van der Waals surface area contributed by atoms with Gasteiger partial charge in [0.1, 0.15) is 12.4 Å². The van der Waals surface area contributed by atoms with E-state index in [0.29, 0.717) is 17.8 Å². The Morgan fingerprint density at radius 3 is 2.56 bits per heavy atom. The molecule has 0 aliphatic heterocycles. The molecule has 0 unspecified atom stereocenters. The number of carbonyl (C=O) groups is 2. The number of nitrogens with one attached hydrogen (secondary N) is 2. The van der Waals surface area contributed by atoms with E-state index in [1.54, 1.807) is 13.0 Å². The van der Waals surface area contributed by atoms with Gasteiger partial charge in [0.05, 0.1) is 11.0 Å². The van der Waals surface area contributed by atoms with Gasteiger partial charge in [0.2, 0.25) is 11.8 Å². The third-order valence-corrected chi connectivity index (χ3v) is 4.47. The van der Waals surface area contributed by atoms with Gasteiger partial charge < -0.3 is 15.2 Å². The van der Waals surface area contributed by atoms with Crippen molar-refractivity contribution in [3.63, 3.8) is 0 Å². The van der Waals surface area contributed by atoms with Gasteiger partial charge in [0, 0.05) is 24.2 Å². The van der Waals surface area contributed by atoms with Gasteiger partial charge in [-0.3, -0.25) is 9.59 Å². The Morgan fingerprint density at radius 1 is 1.04 bits per heavy atom. The lowest BCUT2D eigenvalue weighted by Crippen LogP contribution is -2.20. The zero-order valence-electron chi connectivity index (χ0n) is 15.9. The molecule has 2 N–H and O–H groups in total. The van der Waals surface area contributed by atoms with Gasteiger partial charge >= 0.3 is 0 Å². The van der Waals surface area contributed by atoms with E-state index >= 15 is 0 Å². The Balaban J connectivity index is 1.80. The molecule has 3 rings (SSSR count). The summed E-state index contributed by atoms with van der Waals surface area (Å²) in [6, 6.07) is 13.3. The Labute approximate surface area is 158 Å². The fourth-order valence-electron chi connectivity index (χ4n) is 2.99. The van der Waals surface area contributed by atoms with Gasteiger partial charge in [0.15, 0.2) is 0 Å². The van der Waals surface area contributed by atoms with Gasteiger partial charge in [0.25, 0.3) is 0 Å².